The van der Waals surface area contributed by atoms with Gasteiger partial charge in [0.1, 0.15) is 5.82 Å². The monoisotopic (exact) mass is 303 g/mol. The number of aliphatic hydroxyl groups is 1. The number of nitrogens with one attached hydrogen (secondary N) is 1. The molecule has 0 aromatic heterocycles. The lowest BCUT2D eigenvalue weighted by Gasteiger charge is -2.14. The fraction of sp³-hybridized carbons (Fsp3) is 0.538. The minimum Gasteiger partial charge on any atom is -0.396 e. The van der Waals surface area contributed by atoms with Gasteiger partial charge in [-0.1, -0.05) is 19.4 Å². The van der Waals surface area contributed by atoms with E-state index in [1.165, 1.54) is 6.07 Å². The molecule has 1 atom stereocenters. The standard InChI is InChI=1S/C13H19BrFNO/c1-2-10(5-6-17)8-16-9-11-3-4-13(15)12(14)7-11/h3-4,7,10,16-17H,2,5-6,8-9H2,1H3. The third kappa shape index (κ3) is 5.15. The zero-order chi connectivity index (χ0) is 12.7. The minimum atomic E-state index is -0.236. The van der Waals surface area contributed by atoms with Crippen LogP contribution in [0.1, 0.15) is 25.3 Å². The lowest BCUT2D eigenvalue weighted by molar-refractivity contribution is 0.251. The van der Waals surface area contributed by atoms with Crippen LogP contribution in [0.15, 0.2) is 22.7 Å². The molecule has 0 aliphatic carbocycles. The smallest absolute Gasteiger partial charge is 0.137 e. The Morgan fingerprint density at radius 1 is 1.47 bits per heavy atom. The van der Waals surface area contributed by atoms with E-state index in [-0.39, 0.29) is 12.4 Å². The summed E-state index contributed by atoms with van der Waals surface area (Å²) < 4.78 is 13.5. The lowest BCUT2D eigenvalue weighted by Crippen LogP contribution is -2.22. The van der Waals surface area contributed by atoms with Gasteiger partial charge in [0.15, 0.2) is 0 Å². The topological polar surface area (TPSA) is 32.3 Å². The van der Waals surface area contributed by atoms with Crippen LogP contribution in [0.2, 0.25) is 0 Å². The van der Waals surface area contributed by atoms with Crippen molar-refractivity contribution in [3.05, 3.63) is 34.1 Å². The molecule has 1 unspecified atom stereocenters. The molecular formula is C13H19BrFNO. The summed E-state index contributed by atoms with van der Waals surface area (Å²) in [5, 5.41) is 12.2. The minimum absolute atomic E-state index is 0.236. The summed E-state index contributed by atoms with van der Waals surface area (Å²) in [5.41, 5.74) is 1.05. The molecule has 0 saturated carbocycles. The zero-order valence-electron chi connectivity index (χ0n) is 10.0. The van der Waals surface area contributed by atoms with Gasteiger partial charge in [-0.05, 0) is 52.5 Å². The van der Waals surface area contributed by atoms with Gasteiger partial charge >= 0.3 is 0 Å². The molecule has 0 saturated heterocycles. The SMILES string of the molecule is CCC(CCO)CNCc1ccc(F)c(Br)c1. The second-order valence-electron chi connectivity index (χ2n) is 4.17. The molecule has 1 aromatic carbocycles. The van der Waals surface area contributed by atoms with E-state index >= 15 is 0 Å². The first-order valence-electron chi connectivity index (χ1n) is 5.92. The van der Waals surface area contributed by atoms with Gasteiger partial charge in [0.05, 0.1) is 4.47 Å². The summed E-state index contributed by atoms with van der Waals surface area (Å²) >= 11 is 3.17. The maximum absolute atomic E-state index is 13.0. The van der Waals surface area contributed by atoms with E-state index in [0.717, 1.165) is 31.5 Å². The first-order chi connectivity index (χ1) is 8.17. The second kappa shape index (κ2) is 7.80. The van der Waals surface area contributed by atoms with E-state index in [1.807, 2.05) is 0 Å². The molecule has 0 fully saturated rings. The van der Waals surface area contributed by atoms with Gasteiger partial charge in [-0.2, -0.15) is 0 Å². The number of rotatable bonds is 7. The van der Waals surface area contributed by atoms with Gasteiger partial charge in [0.25, 0.3) is 0 Å². The maximum Gasteiger partial charge on any atom is 0.137 e. The number of hydrogen-bond acceptors (Lipinski definition) is 2. The second-order valence-corrected chi connectivity index (χ2v) is 5.02. The van der Waals surface area contributed by atoms with Crippen LogP contribution in [-0.2, 0) is 6.54 Å². The molecule has 96 valence electrons. The highest BCUT2D eigenvalue weighted by Crippen LogP contribution is 2.16. The van der Waals surface area contributed by atoms with Gasteiger partial charge in [-0.25, -0.2) is 4.39 Å². The quantitative estimate of drug-likeness (QED) is 0.811. The Morgan fingerprint density at radius 3 is 2.82 bits per heavy atom. The molecule has 17 heavy (non-hydrogen) atoms. The highest BCUT2D eigenvalue weighted by atomic mass is 79.9. The van der Waals surface area contributed by atoms with Gasteiger partial charge in [-0.15, -0.1) is 0 Å². The number of aliphatic hydroxyl groups excluding tert-OH is 1. The number of halogens is 2. The molecule has 2 N–H and O–H groups in total. The molecule has 0 amide bonds. The van der Waals surface area contributed by atoms with E-state index in [2.05, 4.69) is 28.2 Å². The van der Waals surface area contributed by atoms with Crippen LogP contribution >= 0.6 is 15.9 Å². The van der Waals surface area contributed by atoms with Crippen LogP contribution in [0.4, 0.5) is 4.39 Å². The van der Waals surface area contributed by atoms with Crippen molar-refractivity contribution in [3.63, 3.8) is 0 Å². The predicted octanol–water partition coefficient (Wildman–Crippen LogP) is 3.09. The predicted molar refractivity (Wildman–Crippen MR) is 71.3 cm³/mol. The Bertz CT molecular complexity index is 346. The van der Waals surface area contributed by atoms with Crippen molar-refractivity contribution in [2.24, 2.45) is 5.92 Å². The average molecular weight is 304 g/mol. The third-order valence-corrected chi connectivity index (χ3v) is 3.47. The molecule has 0 spiro atoms. The van der Waals surface area contributed by atoms with Crippen molar-refractivity contribution in [1.29, 1.82) is 0 Å². The first-order valence-corrected chi connectivity index (χ1v) is 6.72. The van der Waals surface area contributed by atoms with Crippen molar-refractivity contribution in [2.75, 3.05) is 13.2 Å². The van der Waals surface area contributed by atoms with E-state index < -0.39 is 0 Å². The van der Waals surface area contributed by atoms with Crippen molar-refractivity contribution < 1.29 is 9.50 Å². The molecule has 1 aromatic rings. The third-order valence-electron chi connectivity index (χ3n) is 2.86. The lowest BCUT2D eigenvalue weighted by atomic mass is 10.0. The maximum atomic E-state index is 13.0. The summed E-state index contributed by atoms with van der Waals surface area (Å²) in [6, 6.07) is 5.03. The Balaban J connectivity index is 2.37. The van der Waals surface area contributed by atoms with Gasteiger partial charge in [-0.3, -0.25) is 0 Å². The van der Waals surface area contributed by atoms with Crippen molar-refractivity contribution in [2.45, 2.75) is 26.3 Å². The molecule has 2 nitrogen and oxygen atoms in total. The van der Waals surface area contributed by atoms with Gasteiger partial charge in [0.2, 0.25) is 0 Å². The number of benzene rings is 1. The number of hydrogen-bond donors (Lipinski definition) is 2. The zero-order valence-corrected chi connectivity index (χ0v) is 11.6. The Morgan fingerprint density at radius 2 is 2.24 bits per heavy atom. The molecule has 1 rings (SSSR count). The van der Waals surface area contributed by atoms with E-state index in [4.69, 9.17) is 5.11 Å². The highest BCUT2D eigenvalue weighted by molar-refractivity contribution is 9.10. The van der Waals surface area contributed by atoms with Crippen LogP contribution in [0.25, 0.3) is 0 Å². The summed E-state index contributed by atoms with van der Waals surface area (Å²) in [6.45, 7) is 3.96. The fourth-order valence-corrected chi connectivity index (χ4v) is 2.13. The van der Waals surface area contributed by atoms with Crippen molar-refractivity contribution in [3.8, 4) is 0 Å². The van der Waals surface area contributed by atoms with E-state index in [9.17, 15) is 4.39 Å². The van der Waals surface area contributed by atoms with E-state index in [0.29, 0.717) is 10.4 Å². The molecule has 4 heteroatoms. The van der Waals surface area contributed by atoms with Gasteiger partial charge in [0, 0.05) is 13.2 Å². The van der Waals surface area contributed by atoms with Crippen LogP contribution in [0.5, 0.6) is 0 Å². The first kappa shape index (κ1) is 14.6. The normalized spacial score (nSPS) is 12.7. The van der Waals surface area contributed by atoms with Crippen LogP contribution in [-0.4, -0.2) is 18.3 Å². The van der Waals surface area contributed by atoms with Crippen LogP contribution < -0.4 is 5.32 Å². The molecule has 0 aliphatic heterocycles. The summed E-state index contributed by atoms with van der Waals surface area (Å²) in [4.78, 5) is 0. The van der Waals surface area contributed by atoms with Gasteiger partial charge < -0.3 is 10.4 Å². The average Bonchev–Trinajstić information content (AvgIpc) is 2.32. The Labute approximate surface area is 110 Å². The summed E-state index contributed by atoms with van der Waals surface area (Å²) in [5.74, 6) is 0.268. The fourth-order valence-electron chi connectivity index (χ4n) is 1.70. The summed E-state index contributed by atoms with van der Waals surface area (Å²) in [6.07, 6.45) is 1.89. The van der Waals surface area contributed by atoms with E-state index in [1.54, 1.807) is 12.1 Å². The molecule has 0 aliphatic rings. The Hall–Kier alpha value is -0.450. The van der Waals surface area contributed by atoms with Crippen LogP contribution in [0.3, 0.4) is 0 Å². The Kier molecular flexibility index (Phi) is 6.70. The molecule has 0 heterocycles. The van der Waals surface area contributed by atoms with Crippen molar-refractivity contribution >= 4 is 15.9 Å². The molecule has 0 radical (unpaired) electrons. The largest absolute Gasteiger partial charge is 0.396 e. The highest BCUT2D eigenvalue weighted by Gasteiger charge is 2.05. The molecular weight excluding hydrogens is 285 g/mol. The van der Waals surface area contributed by atoms with Crippen LogP contribution in [0, 0.1) is 11.7 Å². The molecule has 0 bridgehead atoms. The van der Waals surface area contributed by atoms with Crippen molar-refractivity contribution in [1.82, 2.24) is 5.32 Å². The summed E-state index contributed by atoms with van der Waals surface area (Å²) in [7, 11) is 0.